The number of hydrazone groups is 1. The van der Waals surface area contributed by atoms with E-state index < -0.39 is 0 Å². The number of rotatable bonds is 3. The molecule has 5 heteroatoms. The summed E-state index contributed by atoms with van der Waals surface area (Å²) in [5.74, 6) is 0.676. The second-order valence-electron chi connectivity index (χ2n) is 2.31. The summed E-state index contributed by atoms with van der Waals surface area (Å²) in [4.78, 5) is 0. The molecule has 0 saturated carbocycles. The molecular weight excluding hydrogens is 186 g/mol. The molecule has 0 radical (unpaired) electrons. The van der Waals surface area contributed by atoms with E-state index in [0.29, 0.717) is 12.3 Å². The molecule has 70 valence electrons. The van der Waals surface area contributed by atoms with E-state index in [1.807, 2.05) is 6.92 Å². The van der Waals surface area contributed by atoms with Crippen LogP contribution in [0.5, 0.6) is 0 Å². The first-order chi connectivity index (χ1) is 6.24. The van der Waals surface area contributed by atoms with Gasteiger partial charge >= 0.3 is 0 Å². The largest absolute Gasteiger partial charge is 0.463 e. The zero-order valence-corrected chi connectivity index (χ0v) is 8.12. The highest BCUT2D eigenvalue weighted by atomic mass is 32.1. The van der Waals surface area contributed by atoms with E-state index in [2.05, 4.69) is 5.10 Å². The average molecular weight is 197 g/mol. The van der Waals surface area contributed by atoms with E-state index in [1.54, 1.807) is 24.6 Å². The highest BCUT2D eigenvalue weighted by molar-refractivity contribution is 7.80. The molecule has 0 aliphatic heterocycles. The molecule has 0 aliphatic rings. The SMILES string of the molecule is CCN(/N=C\c1ccco1)C(N)=S. The Hall–Kier alpha value is -1.36. The van der Waals surface area contributed by atoms with E-state index >= 15 is 0 Å². The minimum atomic E-state index is 0.255. The van der Waals surface area contributed by atoms with Gasteiger partial charge in [-0.3, -0.25) is 0 Å². The first-order valence-corrected chi connectivity index (χ1v) is 4.29. The molecule has 0 amide bonds. The van der Waals surface area contributed by atoms with Crippen LogP contribution in [0.25, 0.3) is 0 Å². The molecule has 2 N–H and O–H groups in total. The molecule has 0 atom stereocenters. The topological polar surface area (TPSA) is 54.8 Å². The summed E-state index contributed by atoms with van der Waals surface area (Å²) < 4.78 is 5.05. The summed E-state index contributed by atoms with van der Waals surface area (Å²) in [6.07, 6.45) is 3.15. The maximum Gasteiger partial charge on any atom is 0.186 e. The standard InChI is InChI=1S/C8H11N3OS/c1-2-11(8(9)13)10-6-7-4-3-5-12-7/h3-6H,2H2,1H3,(H2,9,13)/b10-6-. The summed E-state index contributed by atoms with van der Waals surface area (Å²) in [6.45, 7) is 2.56. The summed E-state index contributed by atoms with van der Waals surface area (Å²) in [5.41, 5.74) is 5.40. The van der Waals surface area contributed by atoms with Gasteiger partial charge < -0.3 is 10.2 Å². The number of furan rings is 1. The molecule has 1 aromatic rings. The fraction of sp³-hybridized carbons (Fsp3) is 0.250. The van der Waals surface area contributed by atoms with E-state index in [1.165, 1.54) is 5.01 Å². The Morgan fingerprint density at radius 3 is 3.08 bits per heavy atom. The van der Waals surface area contributed by atoms with Gasteiger partial charge in [0.1, 0.15) is 5.76 Å². The van der Waals surface area contributed by atoms with Crippen LogP contribution < -0.4 is 5.73 Å². The first-order valence-electron chi connectivity index (χ1n) is 3.88. The van der Waals surface area contributed by atoms with Crippen LogP contribution in [0.1, 0.15) is 12.7 Å². The van der Waals surface area contributed by atoms with Crippen LogP contribution in [-0.4, -0.2) is 22.9 Å². The van der Waals surface area contributed by atoms with Crippen molar-refractivity contribution in [2.24, 2.45) is 10.8 Å². The Kier molecular flexibility index (Phi) is 3.45. The first kappa shape index (κ1) is 9.73. The van der Waals surface area contributed by atoms with Crippen molar-refractivity contribution in [1.82, 2.24) is 5.01 Å². The highest BCUT2D eigenvalue weighted by Gasteiger charge is 1.98. The second-order valence-corrected chi connectivity index (χ2v) is 2.73. The predicted molar refractivity (Wildman–Crippen MR) is 55.5 cm³/mol. The Labute approximate surface area is 82.0 Å². The van der Waals surface area contributed by atoms with Gasteiger partial charge in [0.2, 0.25) is 0 Å². The maximum absolute atomic E-state index is 5.40. The molecule has 0 bridgehead atoms. The van der Waals surface area contributed by atoms with Gasteiger partial charge in [0.15, 0.2) is 5.11 Å². The molecule has 0 saturated heterocycles. The van der Waals surface area contributed by atoms with Crippen LogP contribution in [0.4, 0.5) is 0 Å². The van der Waals surface area contributed by atoms with E-state index in [-0.39, 0.29) is 5.11 Å². The third kappa shape index (κ3) is 2.87. The molecule has 0 aromatic carbocycles. The number of thiocarbonyl (C=S) groups is 1. The van der Waals surface area contributed by atoms with Crippen molar-refractivity contribution >= 4 is 23.5 Å². The third-order valence-corrected chi connectivity index (χ3v) is 1.63. The molecule has 1 aromatic heterocycles. The molecule has 0 unspecified atom stereocenters. The van der Waals surface area contributed by atoms with Crippen molar-refractivity contribution in [2.45, 2.75) is 6.92 Å². The maximum atomic E-state index is 5.40. The summed E-state index contributed by atoms with van der Waals surface area (Å²) in [6, 6.07) is 3.59. The van der Waals surface area contributed by atoms with Crippen molar-refractivity contribution in [3.8, 4) is 0 Å². The van der Waals surface area contributed by atoms with Crippen LogP contribution in [0.15, 0.2) is 27.9 Å². The number of hydrogen-bond acceptors (Lipinski definition) is 3. The van der Waals surface area contributed by atoms with Crippen LogP contribution in [0.2, 0.25) is 0 Å². The molecule has 13 heavy (non-hydrogen) atoms. The normalized spacial score (nSPS) is 10.5. The van der Waals surface area contributed by atoms with Gasteiger partial charge in [-0.2, -0.15) is 5.10 Å². The van der Waals surface area contributed by atoms with E-state index in [9.17, 15) is 0 Å². The summed E-state index contributed by atoms with van der Waals surface area (Å²) in [7, 11) is 0. The number of nitrogens with zero attached hydrogens (tertiary/aromatic N) is 2. The monoisotopic (exact) mass is 197 g/mol. The molecular formula is C8H11N3OS. The summed E-state index contributed by atoms with van der Waals surface area (Å²) >= 11 is 4.77. The van der Waals surface area contributed by atoms with Gasteiger partial charge in [-0.25, -0.2) is 5.01 Å². The van der Waals surface area contributed by atoms with Gasteiger partial charge in [-0.05, 0) is 31.3 Å². The smallest absolute Gasteiger partial charge is 0.186 e. The van der Waals surface area contributed by atoms with Gasteiger partial charge in [0.05, 0.1) is 12.5 Å². The van der Waals surface area contributed by atoms with Crippen molar-refractivity contribution in [1.29, 1.82) is 0 Å². The quantitative estimate of drug-likeness (QED) is 0.449. The number of hydrogen-bond donors (Lipinski definition) is 1. The van der Waals surface area contributed by atoms with E-state index in [4.69, 9.17) is 22.4 Å². The van der Waals surface area contributed by atoms with Crippen molar-refractivity contribution in [2.75, 3.05) is 6.54 Å². The molecule has 0 spiro atoms. The summed E-state index contributed by atoms with van der Waals surface area (Å²) in [5, 5.41) is 5.80. The third-order valence-electron chi connectivity index (χ3n) is 1.42. The van der Waals surface area contributed by atoms with Crippen LogP contribution in [-0.2, 0) is 0 Å². The van der Waals surface area contributed by atoms with Crippen LogP contribution in [0, 0.1) is 0 Å². The van der Waals surface area contributed by atoms with Crippen molar-refractivity contribution < 1.29 is 4.42 Å². The molecule has 1 heterocycles. The molecule has 4 nitrogen and oxygen atoms in total. The van der Waals surface area contributed by atoms with Gasteiger partial charge in [-0.15, -0.1) is 0 Å². The van der Waals surface area contributed by atoms with Crippen molar-refractivity contribution in [3.05, 3.63) is 24.2 Å². The van der Waals surface area contributed by atoms with Gasteiger partial charge in [0.25, 0.3) is 0 Å². The van der Waals surface area contributed by atoms with Gasteiger partial charge in [0, 0.05) is 6.54 Å². The lowest BCUT2D eigenvalue weighted by Crippen LogP contribution is -2.30. The van der Waals surface area contributed by atoms with Gasteiger partial charge in [-0.1, -0.05) is 0 Å². The molecule has 1 rings (SSSR count). The fourth-order valence-electron chi connectivity index (χ4n) is 0.786. The van der Waals surface area contributed by atoms with E-state index in [0.717, 1.165) is 0 Å². The minimum absolute atomic E-state index is 0.255. The Balaban J connectivity index is 2.61. The Morgan fingerprint density at radius 2 is 2.62 bits per heavy atom. The van der Waals surface area contributed by atoms with Crippen LogP contribution in [0.3, 0.4) is 0 Å². The average Bonchev–Trinajstić information content (AvgIpc) is 2.57. The predicted octanol–water partition coefficient (Wildman–Crippen LogP) is 1.18. The fourth-order valence-corrected chi connectivity index (χ4v) is 0.962. The molecule has 0 fully saturated rings. The number of nitrogens with two attached hydrogens (primary N) is 1. The highest BCUT2D eigenvalue weighted by Crippen LogP contribution is 1.96. The zero-order valence-electron chi connectivity index (χ0n) is 7.30. The molecule has 0 aliphatic carbocycles. The zero-order chi connectivity index (χ0) is 9.68. The van der Waals surface area contributed by atoms with Crippen molar-refractivity contribution in [3.63, 3.8) is 0 Å². The minimum Gasteiger partial charge on any atom is -0.463 e. The lowest BCUT2D eigenvalue weighted by molar-refractivity contribution is 0.473. The second kappa shape index (κ2) is 4.61. The lowest BCUT2D eigenvalue weighted by atomic mass is 10.5. The Bertz CT molecular complexity index is 294. The lowest BCUT2D eigenvalue weighted by Gasteiger charge is -2.12. The Morgan fingerprint density at radius 1 is 1.85 bits per heavy atom. The van der Waals surface area contributed by atoms with Crippen LogP contribution >= 0.6 is 12.2 Å².